The van der Waals surface area contributed by atoms with Crippen molar-refractivity contribution in [3.8, 4) is 11.5 Å². The van der Waals surface area contributed by atoms with Gasteiger partial charge in [-0.15, -0.1) is 20.5 Å². The van der Waals surface area contributed by atoms with Gasteiger partial charge in [-0.25, -0.2) is 27.3 Å². The van der Waals surface area contributed by atoms with Gasteiger partial charge >= 0.3 is 60.3 Å². The van der Waals surface area contributed by atoms with Crippen molar-refractivity contribution < 1.29 is 56.4 Å². The van der Waals surface area contributed by atoms with Gasteiger partial charge in [-0.1, -0.05) is 62.4 Å². The summed E-state index contributed by atoms with van der Waals surface area (Å²) in [5, 5.41) is 55.0. The van der Waals surface area contributed by atoms with E-state index in [4.69, 9.17) is 0 Å². The van der Waals surface area contributed by atoms with Crippen LogP contribution in [-0.2, 0) is 33.1 Å². The van der Waals surface area contributed by atoms with Gasteiger partial charge in [-0.2, -0.15) is 0 Å². The van der Waals surface area contributed by atoms with Gasteiger partial charge in [0.2, 0.25) is 0 Å². The Morgan fingerprint density at radius 1 is 0.561 bits per heavy atom. The van der Waals surface area contributed by atoms with E-state index in [0.29, 0.717) is 23.6 Å². The second-order valence-electron chi connectivity index (χ2n) is 11.8. The van der Waals surface area contributed by atoms with Crippen LogP contribution in [-0.4, -0.2) is 105 Å². The number of fused-ring (bicyclic) bond motifs is 2. The monoisotopic (exact) mass is 940 g/mol. The van der Waals surface area contributed by atoms with Gasteiger partial charge in [0, 0.05) is 22.9 Å². The van der Waals surface area contributed by atoms with Gasteiger partial charge in [0.15, 0.2) is 11.4 Å². The summed E-state index contributed by atoms with van der Waals surface area (Å²) in [7, 11) is -9.69. The van der Waals surface area contributed by atoms with Gasteiger partial charge in [-0.05, 0) is 71.1 Å². The molecule has 0 bridgehead atoms. The van der Waals surface area contributed by atoms with Crippen LogP contribution in [0.2, 0.25) is 0 Å². The van der Waals surface area contributed by atoms with E-state index in [1.165, 1.54) is 60.7 Å². The van der Waals surface area contributed by atoms with Crippen molar-refractivity contribution in [1.82, 2.24) is 0 Å². The average molecular weight is 940 g/mol. The van der Waals surface area contributed by atoms with Crippen LogP contribution in [0.25, 0.3) is 21.5 Å². The number of hydrogen-bond acceptors (Lipinski definition) is 14. The maximum absolute atomic E-state index is 11.6. The first-order valence-corrected chi connectivity index (χ1v) is 19.1. The molecule has 6 aromatic carbocycles. The molecule has 6 aromatic rings. The minimum Gasteiger partial charge on any atom is -0.744 e. The van der Waals surface area contributed by atoms with Crippen molar-refractivity contribution in [3.63, 3.8) is 0 Å². The summed E-state index contributed by atoms with van der Waals surface area (Å²) in [5.41, 5.74) is 0.793. The third-order valence-corrected chi connectivity index (χ3v) is 10.0. The largest absolute Gasteiger partial charge is 2.00 e. The van der Waals surface area contributed by atoms with E-state index in [9.17, 15) is 56.4 Å². The number of phenolic OH excluding ortho intramolecular Hbond substituents is 2. The maximum atomic E-state index is 11.6. The Morgan fingerprint density at radius 3 is 1.25 bits per heavy atom. The molecule has 0 unspecified atom stereocenters. The zero-order valence-electron chi connectivity index (χ0n) is 29.9. The van der Waals surface area contributed by atoms with E-state index in [1.54, 1.807) is 24.3 Å². The molecule has 18 nitrogen and oxygen atoms in total. The number of azo groups is 2. The third-order valence-electron chi connectivity index (χ3n) is 8.28. The Labute approximate surface area is 364 Å². The van der Waals surface area contributed by atoms with E-state index >= 15 is 0 Å². The summed E-state index contributed by atoms with van der Waals surface area (Å²) in [4.78, 5) is 20.8. The zero-order valence-corrected chi connectivity index (χ0v) is 36.0. The first-order chi connectivity index (χ1) is 26.4. The molecule has 4 N–H and O–H groups in total. The smallest absolute Gasteiger partial charge is 0.744 e. The molecule has 0 atom stereocenters. The van der Waals surface area contributed by atoms with Crippen LogP contribution >= 0.6 is 0 Å². The molecule has 0 spiro atoms. The second kappa shape index (κ2) is 18.4. The molecular formula is C36H30BaN6O12S2+2. The van der Waals surface area contributed by atoms with Crippen LogP contribution in [0, 0.1) is 9.81 Å². The number of hydrogen-bond donors (Lipinski definition) is 4. The molecule has 0 heterocycles. The number of aryl methyl sites for hydroxylation is 2. The van der Waals surface area contributed by atoms with Crippen LogP contribution in [0.5, 0.6) is 11.5 Å². The Bertz CT molecular complexity index is 2640. The summed E-state index contributed by atoms with van der Waals surface area (Å²) in [6, 6.07) is 22.6. The van der Waals surface area contributed by atoms with Gasteiger partial charge in [0.05, 0.1) is 19.6 Å². The Hall–Kier alpha value is -5.17. The van der Waals surface area contributed by atoms with E-state index in [2.05, 4.69) is 20.5 Å². The SMILES string of the molecule is CCc1ccc([N+](=O)O)c(N=Nc2c(O)ccc3cccc(S(=O)(=O)[O-])c23)c1.CCc1ccc([N+](=O)O)c(N=Nc2c(O)ccc3cccc(S(=O)(=O)[O-])c23)c1.[Ba+2]. The van der Waals surface area contributed by atoms with Crippen molar-refractivity contribution in [2.24, 2.45) is 20.5 Å². The number of aromatic hydroxyl groups is 2. The van der Waals surface area contributed by atoms with Gasteiger partial charge in [0.1, 0.15) is 43.1 Å². The summed E-state index contributed by atoms with van der Waals surface area (Å²) in [5.74, 6) is -0.799. The van der Waals surface area contributed by atoms with Crippen molar-refractivity contribution in [3.05, 3.63) is 118 Å². The van der Waals surface area contributed by atoms with Crippen molar-refractivity contribution in [2.45, 2.75) is 36.5 Å². The summed E-state index contributed by atoms with van der Waals surface area (Å²) in [6.45, 7) is 3.76. The molecule has 288 valence electrons. The van der Waals surface area contributed by atoms with E-state index in [-0.39, 0.29) is 104 Å². The Balaban J connectivity index is 0.000000248. The summed E-state index contributed by atoms with van der Waals surface area (Å²) < 4.78 is 69.7. The zero-order chi connectivity index (χ0) is 40.9. The van der Waals surface area contributed by atoms with Gasteiger partial charge < -0.3 is 19.3 Å². The van der Waals surface area contributed by atoms with Crippen molar-refractivity contribution in [1.29, 1.82) is 0 Å². The predicted molar refractivity (Wildman–Crippen MR) is 203 cm³/mol. The normalized spacial score (nSPS) is 11.7. The third kappa shape index (κ3) is 10.2. The molecule has 0 aliphatic heterocycles. The van der Waals surface area contributed by atoms with Crippen LogP contribution < -0.4 is 0 Å². The predicted octanol–water partition coefficient (Wildman–Crippen LogP) is 8.07. The van der Waals surface area contributed by atoms with E-state index in [1.807, 2.05) is 13.8 Å². The summed E-state index contributed by atoms with van der Waals surface area (Å²) >= 11 is 0. The summed E-state index contributed by atoms with van der Waals surface area (Å²) in [6.07, 6.45) is 1.26. The number of rotatable bonds is 10. The molecule has 0 fully saturated rings. The van der Waals surface area contributed by atoms with Gasteiger partial charge in [0.25, 0.3) is 9.85 Å². The van der Waals surface area contributed by atoms with Crippen molar-refractivity contribution in [2.75, 3.05) is 0 Å². The van der Waals surface area contributed by atoms with Gasteiger partial charge in [-0.3, -0.25) is 0 Å². The Morgan fingerprint density at radius 2 is 0.930 bits per heavy atom. The standard InChI is InChI=1S/2C18H15N3O6S.Ba/c2*1-2-11-6-8-14(21(23)24)13(10-11)19-20-18-15(22)9-7-12-4-3-5-16(17(12)18)28(25,26)27;/h2*3-10H,2H2,1H3,(H2-,19,22,23,24,25,26,27);/q;;+2. The van der Waals surface area contributed by atoms with Crippen molar-refractivity contribution >= 4 is 125 Å². The molecule has 57 heavy (non-hydrogen) atoms. The van der Waals surface area contributed by atoms with E-state index < -0.39 is 41.5 Å². The minimum atomic E-state index is -4.84. The average Bonchev–Trinajstić information content (AvgIpc) is 3.15. The first kappa shape index (κ1) is 44.5. The molecule has 0 aliphatic carbocycles. The minimum absolute atomic E-state index is 0. The molecule has 6 rings (SSSR count). The van der Waals surface area contributed by atoms with Crippen LogP contribution in [0.3, 0.4) is 0 Å². The van der Waals surface area contributed by atoms with Crippen LogP contribution in [0.15, 0.2) is 127 Å². The molecule has 0 amide bonds. The molecule has 0 aliphatic rings. The molecule has 0 aromatic heterocycles. The fourth-order valence-corrected chi connectivity index (χ4v) is 6.94. The van der Waals surface area contributed by atoms with E-state index in [0.717, 1.165) is 23.3 Å². The molecule has 21 heteroatoms. The number of benzene rings is 6. The number of phenols is 2. The molecule has 0 saturated heterocycles. The van der Waals surface area contributed by atoms with Crippen LogP contribution in [0.4, 0.5) is 34.1 Å². The quantitative estimate of drug-likeness (QED) is 0.0439. The Kier molecular flexibility index (Phi) is 14.4. The molecule has 0 saturated carbocycles. The number of nitrogens with zero attached hydrogens (tertiary/aromatic N) is 6. The maximum Gasteiger partial charge on any atom is 2.00 e. The van der Waals surface area contributed by atoms with Crippen LogP contribution in [0.1, 0.15) is 25.0 Å². The second-order valence-corrected chi connectivity index (χ2v) is 14.5. The first-order valence-electron chi connectivity index (χ1n) is 16.3. The fraction of sp³-hybridized carbons (Fsp3) is 0.111. The fourth-order valence-electron chi connectivity index (χ4n) is 5.52. The molecular weight excluding hydrogens is 910 g/mol. The molecule has 0 radical (unpaired) electrons. The topological polar surface area (TPSA) is 285 Å².